The molecule has 0 unspecified atom stereocenters. The summed E-state index contributed by atoms with van der Waals surface area (Å²) in [7, 11) is -1.80. The quantitative estimate of drug-likeness (QED) is 0.653. The van der Waals surface area contributed by atoms with Crippen molar-refractivity contribution in [3.8, 4) is 0 Å². The van der Waals surface area contributed by atoms with Gasteiger partial charge in [0, 0.05) is 10.0 Å². The number of ketones is 1. The Kier molecular flexibility index (Phi) is 3.47. The highest BCUT2D eigenvalue weighted by Crippen LogP contribution is 2.15. The fourth-order valence-electron chi connectivity index (χ4n) is 1.49. The minimum atomic E-state index is -1.80. The van der Waals surface area contributed by atoms with Crippen molar-refractivity contribution >= 4 is 34.5 Å². The first-order valence-electron chi connectivity index (χ1n) is 4.83. The van der Waals surface area contributed by atoms with E-state index in [1.807, 2.05) is 0 Å². The second kappa shape index (κ2) is 4.87. The standard InChI is InChI=1S/C11H8BBrO4/c13-8-3-1-2-7(6-8)10(14)9-4-5-17-11(9)12(15)16/h1-6,15-16H. The summed E-state index contributed by atoms with van der Waals surface area (Å²) in [6, 6.07) is 8.24. The molecule has 6 heteroatoms. The maximum Gasteiger partial charge on any atom is 0.527 e. The van der Waals surface area contributed by atoms with Gasteiger partial charge in [-0.1, -0.05) is 28.1 Å². The molecule has 17 heavy (non-hydrogen) atoms. The monoisotopic (exact) mass is 294 g/mol. The van der Waals surface area contributed by atoms with Gasteiger partial charge < -0.3 is 14.5 Å². The van der Waals surface area contributed by atoms with Crippen molar-refractivity contribution in [3.63, 3.8) is 0 Å². The lowest BCUT2D eigenvalue weighted by molar-refractivity contribution is 0.103. The molecular formula is C11H8BBrO4. The summed E-state index contributed by atoms with van der Waals surface area (Å²) in [6.45, 7) is 0. The van der Waals surface area contributed by atoms with Crippen LogP contribution in [0.5, 0.6) is 0 Å². The van der Waals surface area contributed by atoms with Crippen molar-refractivity contribution in [1.82, 2.24) is 0 Å². The summed E-state index contributed by atoms with van der Waals surface area (Å²) in [4.78, 5) is 12.1. The molecule has 0 atom stereocenters. The fourth-order valence-corrected chi connectivity index (χ4v) is 1.89. The normalized spacial score (nSPS) is 10.3. The Bertz CT molecular complexity index is 550. The lowest BCUT2D eigenvalue weighted by Gasteiger charge is -2.02. The van der Waals surface area contributed by atoms with Crippen LogP contribution >= 0.6 is 15.9 Å². The lowest BCUT2D eigenvalue weighted by Crippen LogP contribution is -2.33. The Morgan fingerprint density at radius 1 is 1.29 bits per heavy atom. The molecule has 0 fully saturated rings. The molecule has 0 saturated carbocycles. The highest BCUT2D eigenvalue weighted by atomic mass is 79.9. The van der Waals surface area contributed by atoms with Crippen LogP contribution in [0.15, 0.2) is 45.5 Å². The second-order valence-electron chi connectivity index (χ2n) is 3.41. The van der Waals surface area contributed by atoms with Gasteiger partial charge in [-0.15, -0.1) is 0 Å². The van der Waals surface area contributed by atoms with Crippen LogP contribution in [-0.2, 0) is 0 Å². The first-order valence-corrected chi connectivity index (χ1v) is 5.62. The van der Waals surface area contributed by atoms with E-state index >= 15 is 0 Å². The van der Waals surface area contributed by atoms with E-state index in [0.717, 1.165) is 4.47 Å². The number of benzene rings is 1. The van der Waals surface area contributed by atoms with Crippen LogP contribution in [0.2, 0.25) is 0 Å². The number of hydrogen-bond acceptors (Lipinski definition) is 4. The van der Waals surface area contributed by atoms with Crippen molar-refractivity contribution < 1.29 is 19.3 Å². The van der Waals surface area contributed by atoms with Gasteiger partial charge in [-0.05, 0) is 18.2 Å². The third-order valence-electron chi connectivity index (χ3n) is 2.26. The minimum absolute atomic E-state index is 0.144. The molecule has 2 N–H and O–H groups in total. The second-order valence-corrected chi connectivity index (χ2v) is 4.33. The largest absolute Gasteiger partial charge is 0.527 e. The number of halogens is 1. The van der Waals surface area contributed by atoms with Crippen LogP contribution < -0.4 is 5.66 Å². The van der Waals surface area contributed by atoms with E-state index < -0.39 is 7.12 Å². The van der Waals surface area contributed by atoms with Crippen molar-refractivity contribution in [2.24, 2.45) is 0 Å². The molecule has 2 rings (SSSR count). The number of carbonyl (C=O) groups is 1. The first-order chi connectivity index (χ1) is 8.09. The van der Waals surface area contributed by atoms with Crippen molar-refractivity contribution in [2.45, 2.75) is 0 Å². The highest BCUT2D eigenvalue weighted by molar-refractivity contribution is 9.10. The molecule has 1 aromatic heterocycles. The minimum Gasteiger partial charge on any atom is -0.472 e. The summed E-state index contributed by atoms with van der Waals surface area (Å²) in [5, 5.41) is 18.1. The predicted octanol–water partition coefficient (Wildman–Crippen LogP) is 0.953. The molecular weight excluding hydrogens is 287 g/mol. The van der Waals surface area contributed by atoms with Crippen LogP contribution in [0.25, 0.3) is 0 Å². The molecule has 0 aliphatic carbocycles. The Labute approximate surface area is 106 Å². The molecule has 1 heterocycles. The Morgan fingerprint density at radius 2 is 2.06 bits per heavy atom. The van der Waals surface area contributed by atoms with Crippen molar-refractivity contribution in [1.29, 1.82) is 0 Å². The van der Waals surface area contributed by atoms with Crippen LogP contribution in [-0.4, -0.2) is 22.9 Å². The molecule has 0 aliphatic heterocycles. The van der Waals surface area contributed by atoms with Crippen molar-refractivity contribution in [2.75, 3.05) is 0 Å². The Morgan fingerprint density at radius 3 is 2.71 bits per heavy atom. The molecule has 0 aliphatic rings. The average Bonchev–Trinajstić information content (AvgIpc) is 2.77. The number of hydrogen-bond donors (Lipinski definition) is 2. The van der Waals surface area contributed by atoms with Gasteiger partial charge in [0.2, 0.25) is 0 Å². The van der Waals surface area contributed by atoms with Crippen LogP contribution in [0.3, 0.4) is 0 Å². The van der Waals surface area contributed by atoms with E-state index in [1.54, 1.807) is 24.3 Å². The summed E-state index contributed by atoms with van der Waals surface area (Å²) in [5.74, 6) is -0.317. The van der Waals surface area contributed by atoms with E-state index in [4.69, 9.17) is 14.5 Å². The molecule has 1 aromatic carbocycles. The zero-order valence-corrected chi connectivity index (χ0v) is 10.2. The van der Waals surface area contributed by atoms with Gasteiger partial charge in [-0.2, -0.15) is 0 Å². The van der Waals surface area contributed by atoms with Gasteiger partial charge in [-0.25, -0.2) is 0 Å². The smallest absolute Gasteiger partial charge is 0.472 e. The lowest BCUT2D eigenvalue weighted by atomic mass is 9.82. The highest BCUT2D eigenvalue weighted by Gasteiger charge is 2.25. The SMILES string of the molecule is O=C(c1cccc(Br)c1)c1ccoc1B(O)O. The Balaban J connectivity index is 2.41. The molecule has 86 valence electrons. The average molecular weight is 295 g/mol. The zero-order valence-electron chi connectivity index (χ0n) is 8.63. The third-order valence-corrected chi connectivity index (χ3v) is 2.75. The fraction of sp³-hybridized carbons (Fsp3) is 0. The number of rotatable bonds is 3. The maximum atomic E-state index is 12.1. The first kappa shape index (κ1) is 12.1. The van der Waals surface area contributed by atoms with Crippen LogP contribution in [0.1, 0.15) is 15.9 Å². The molecule has 0 radical (unpaired) electrons. The molecule has 0 amide bonds. The van der Waals surface area contributed by atoms with Gasteiger partial charge >= 0.3 is 7.12 Å². The summed E-state index contributed by atoms with van der Waals surface area (Å²) < 4.78 is 5.64. The summed E-state index contributed by atoms with van der Waals surface area (Å²) in [6.07, 6.45) is 1.25. The Hall–Kier alpha value is -1.37. The summed E-state index contributed by atoms with van der Waals surface area (Å²) in [5.41, 5.74) is 0.454. The van der Waals surface area contributed by atoms with E-state index in [0.29, 0.717) is 5.56 Å². The van der Waals surface area contributed by atoms with Gasteiger partial charge in [-0.3, -0.25) is 4.79 Å². The number of carbonyl (C=O) groups excluding carboxylic acids is 1. The molecule has 2 aromatic rings. The van der Waals surface area contributed by atoms with E-state index in [-0.39, 0.29) is 17.0 Å². The zero-order chi connectivity index (χ0) is 12.4. The molecule has 0 saturated heterocycles. The van der Waals surface area contributed by atoms with Crippen LogP contribution in [0, 0.1) is 0 Å². The predicted molar refractivity (Wildman–Crippen MR) is 66.1 cm³/mol. The van der Waals surface area contributed by atoms with Gasteiger partial charge in [0.25, 0.3) is 0 Å². The molecule has 4 nitrogen and oxygen atoms in total. The molecule has 0 bridgehead atoms. The van der Waals surface area contributed by atoms with E-state index in [9.17, 15) is 4.79 Å². The molecule has 0 spiro atoms. The number of furan rings is 1. The van der Waals surface area contributed by atoms with Gasteiger partial charge in [0.1, 0.15) is 5.66 Å². The van der Waals surface area contributed by atoms with E-state index in [2.05, 4.69) is 15.9 Å². The summed E-state index contributed by atoms with van der Waals surface area (Å²) >= 11 is 3.27. The van der Waals surface area contributed by atoms with E-state index in [1.165, 1.54) is 12.3 Å². The maximum absolute atomic E-state index is 12.1. The van der Waals surface area contributed by atoms with Crippen molar-refractivity contribution in [3.05, 3.63) is 52.2 Å². The topological polar surface area (TPSA) is 70.7 Å². The van der Waals surface area contributed by atoms with Gasteiger partial charge in [0.15, 0.2) is 5.78 Å². The third kappa shape index (κ3) is 2.49. The van der Waals surface area contributed by atoms with Crippen LogP contribution in [0.4, 0.5) is 0 Å². The van der Waals surface area contributed by atoms with Gasteiger partial charge in [0.05, 0.1) is 11.8 Å².